The molecule has 1 fully saturated rings. The first-order valence-corrected chi connectivity index (χ1v) is 7.16. The minimum absolute atomic E-state index is 0.0513. The minimum atomic E-state index is -2.90. The molecule has 1 unspecified atom stereocenters. The highest BCUT2D eigenvalue weighted by Crippen LogP contribution is 2.26. The summed E-state index contributed by atoms with van der Waals surface area (Å²) in [5, 5.41) is 9.02. The van der Waals surface area contributed by atoms with Crippen molar-refractivity contribution < 1.29 is 18.3 Å². The van der Waals surface area contributed by atoms with Gasteiger partial charge >= 0.3 is 0 Å². The first-order valence-electron chi connectivity index (χ1n) is 5.34. The van der Waals surface area contributed by atoms with Gasteiger partial charge in [0.25, 0.3) is 0 Å². The van der Waals surface area contributed by atoms with Crippen molar-refractivity contribution in [2.45, 2.75) is 12.1 Å². The van der Waals surface area contributed by atoms with Gasteiger partial charge in [-0.05, 0) is 6.07 Å². The van der Waals surface area contributed by atoms with Gasteiger partial charge in [0, 0.05) is 5.56 Å². The first kappa shape index (κ1) is 12.3. The number of ether oxygens (including phenoxy) is 1. The molecule has 0 aliphatic carbocycles. The number of aliphatic hydroxyl groups is 1. The molecule has 2 rings (SSSR count). The van der Waals surface area contributed by atoms with Crippen LogP contribution in [0.5, 0.6) is 5.75 Å². The summed E-state index contributed by atoms with van der Waals surface area (Å²) in [6.07, 6.45) is -0.299. The normalized spacial score (nSPS) is 20.6. The average molecular weight is 257 g/mol. The predicted octanol–water partition coefficient (Wildman–Crippen LogP) is -0.146. The highest BCUT2D eigenvalue weighted by Gasteiger charge is 2.35. The monoisotopic (exact) mass is 257 g/mol. The van der Waals surface area contributed by atoms with E-state index < -0.39 is 15.9 Å². The molecule has 1 aromatic carbocycles. The van der Waals surface area contributed by atoms with Gasteiger partial charge in [0.15, 0.2) is 9.84 Å². The quantitative estimate of drug-likeness (QED) is 0.783. The van der Waals surface area contributed by atoms with Crippen LogP contribution in [-0.2, 0) is 9.84 Å². The van der Waals surface area contributed by atoms with Crippen molar-refractivity contribution >= 4 is 9.84 Å². The van der Waals surface area contributed by atoms with Crippen LogP contribution in [0.3, 0.4) is 0 Å². The van der Waals surface area contributed by atoms with Gasteiger partial charge in [-0.3, -0.25) is 0 Å². The van der Waals surface area contributed by atoms with Crippen molar-refractivity contribution in [3.63, 3.8) is 0 Å². The molecule has 3 N–H and O–H groups in total. The van der Waals surface area contributed by atoms with E-state index in [-0.39, 0.29) is 24.2 Å². The third-order valence-electron chi connectivity index (χ3n) is 2.69. The maximum atomic E-state index is 11.0. The van der Waals surface area contributed by atoms with Crippen LogP contribution >= 0.6 is 0 Å². The Bertz CT molecular complexity index is 488. The summed E-state index contributed by atoms with van der Waals surface area (Å²) >= 11 is 0. The second kappa shape index (κ2) is 4.64. The summed E-state index contributed by atoms with van der Waals surface area (Å²) in [5.74, 6) is 0.653. The van der Waals surface area contributed by atoms with Crippen molar-refractivity contribution in [3.05, 3.63) is 29.8 Å². The van der Waals surface area contributed by atoms with E-state index in [1.807, 2.05) is 0 Å². The summed E-state index contributed by atoms with van der Waals surface area (Å²) in [4.78, 5) is 0. The Labute approximate surface area is 100 Å². The molecule has 17 heavy (non-hydrogen) atoms. The van der Waals surface area contributed by atoms with Crippen LogP contribution < -0.4 is 10.5 Å². The lowest BCUT2D eigenvalue weighted by molar-refractivity contribution is 0.220. The van der Waals surface area contributed by atoms with Crippen molar-refractivity contribution in [1.29, 1.82) is 0 Å². The Balaban J connectivity index is 2.11. The van der Waals surface area contributed by atoms with Crippen LogP contribution in [0.2, 0.25) is 0 Å². The molecule has 1 aromatic rings. The fourth-order valence-electron chi connectivity index (χ4n) is 1.76. The van der Waals surface area contributed by atoms with E-state index in [9.17, 15) is 8.42 Å². The van der Waals surface area contributed by atoms with Gasteiger partial charge in [-0.15, -0.1) is 0 Å². The zero-order valence-electron chi connectivity index (χ0n) is 9.24. The van der Waals surface area contributed by atoms with Crippen molar-refractivity contribution in [3.8, 4) is 5.75 Å². The number of rotatable bonds is 4. The first-order chi connectivity index (χ1) is 8.02. The number of hydrogen-bond acceptors (Lipinski definition) is 5. The smallest absolute Gasteiger partial charge is 0.157 e. The van der Waals surface area contributed by atoms with E-state index in [0.29, 0.717) is 11.3 Å². The molecule has 0 bridgehead atoms. The Kier molecular flexibility index (Phi) is 3.37. The van der Waals surface area contributed by atoms with Crippen molar-refractivity contribution in [2.24, 2.45) is 5.73 Å². The van der Waals surface area contributed by atoms with Crippen LogP contribution in [0.25, 0.3) is 0 Å². The number of aliphatic hydroxyl groups excluding tert-OH is 1. The molecule has 0 spiro atoms. The number of sulfone groups is 1. The Morgan fingerprint density at radius 3 is 2.65 bits per heavy atom. The minimum Gasteiger partial charge on any atom is -0.488 e. The molecule has 1 atom stereocenters. The van der Waals surface area contributed by atoms with Gasteiger partial charge in [-0.25, -0.2) is 8.42 Å². The Hall–Kier alpha value is -1.11. The van der Waals surface area contributed by atoms with E-state index in [1.165, 1.54) is 0 Å². The second-order valence-corrected chi connectivity index (χ2v) is 6.30. The number of benzene rings is 1. The largest absolute Gasteiger partial charge is 0.488 e. The molecule has 6 heteroatoms. The lowest BCUT2D eigenvalue weighted by atomic mass is 10.1. The van der Waals surface area contributed by atoms with Gasteiger partial charge in [0.05, 0.1) is 24.2 Å². The van der Waals surface area contributed by atoms with Gasteiger partial charge in [0.1, 0.15) is 11.9 Å². The average Bonchev–Trinajstić information content (AvgIpc) is 2.26. The van der Waals surface area contributed by atoms with Crippen LogP contribution in [0.1, 0.15) is 11.6 Å². The number of hydrogen-bond donors (Lipinski definition) is 2. The molecule has 1 heterocycles. The molecule has 1 saturated heterocycles. The second-order valence-electron chi connectivity index (χ2n) is 4.14. The molecule has 0 radical (unpaired) electrons. The van der Waals surface area contributed by atoms with Gasteiger partial charge in [0.2, 0.25) is 0 Å². The third kappa shape index (κ3) is 2.77. The molecule has 1 aliphatic rings. The lowest BCUT2D eigenvalue weighted by Gasteiger charge is -2.28. The standard InChI is InChI=1S/C11H15NO4S/c12-10(5-13)9-3-1-2-4-11(9)16-8-6-17(14,15)7-8/h1-4,8,10,13H,5-7,12H2. The molecular formula is C11H15NO4S. The SMILES string of the molecule is NC(CO)c1ccccc1OC1CS(=O)(=O)C1. The van der Waals surface area contributed by atoms with Crippen LogP contribution in [0, 0.1) is 0 Å². The van der Waals surface area contributed by atoms with E-state index >= 15 is 0 Å². The summed E-state index contributed by atoms with van der Waals surface area (Å²) in [6.45, 7) is -0.177. The third-order valence-corrected chi connectivity index (χ3v) is 4.45. The fourth-order valence-corrected chi connectivity index (χ4v) is 2.93. The van der Waals surface area contributed by atoms with Gasteiger partial charge in [-0.2, -0.15) is 0 Å². The van der Waals surface area contributed by atoms with Gasteiger partial charge < -0.3 is 15.6 Å². The zero-order valence-corrected chi connectivity index (χ0v) is 10.1. The fraction of sp³-hybridized carbons (Fsp3) is 0.455. The topological polar surface area (TPSA) is 89.6 Å². The summed E-state index contributed by atoms with van der Waals surface area (Å²) in [7, 11) is -2.90. The molecule has 5 nitrogen and oxygen atoms in total. The molecular weight excluding hydrogens is 242 g/mol. The zero-order chi connectivity index (χ0) is 12.5. The maximum Gasteiger partial charge on any atom is 0.157 e. The van der Waals surface area contributed by atoms with E-state index in [2.05, 4.69) is 0 Å². The number of para-hydroxylation sites is 1. The van der Waals surface area contributed by atoms with Crippen LogP contribution in [0.15, 0.2) is 24.3 Å². The molecule has 1 aliphatic heterocycles. The molecule has 0 aromatic heterocycles. The molecule has 0 amide bonds. The van der Waals surface area contributed by atoms with Crippen LogP contribution in [0.4, 0.5) is 0 Å². The summed E-state index contributed by atoms with van der Waals surface area (Å²) < 4.78 is 27.6. The van der Waals surface area contributed by atoms with E-state index in [1.54, 1.807) is 24.3 Å². The highest BCUT2D eigenvalue weighted by molar-refractivity contribution is 7.92. The predicted molar refractivity (Wildman–Crippen MR) is 63.5 cm³/mol. The van der Waals surface area contributed by atoms with Crippen molar-refractivity contribution in [2.75, 3.05) is 18.1 Å². The summed E-state index contributed by atoms with van der Waals surface area (Å²) in [6, 6.07) is 6.58. The maximum absolute atomic E-state index is 11.0. The van der Waals surface area contributed by atoms with E-state index in [0.717, 1.165) is 0 Å². The number of nitrogens with two attached hydrogens (primary N) is 1. The van der Waals surface area contributed by atoms with Crippen molar-refractivity contribution in [1.82, 2.24) is 0 Å². The Morgan fingerprint density at radius 2 is 2.06 bits per heavy atom. The lowest BCUT2D eigenvalue weighted by Crippen LogP contribution is -2.45. The summed E-state index contributed by atoms with van der Waals surface area (Å²) in [5.41, 5.74) is 6.43. The van der Waals surface area contributed by atoms with Crippen LogP contribution in [-0.4, -0.2) is 37.7 Å². The van der Waals surface area contributed by atoms with Gasteiger partial charge in [-0.1, -0.05) is 18.2 Å². The van der Waals surface area contributed by atoms with E-state index in [4.69, 9.17) is 15.6 Å². The Morgan fingerprint density at radius 1 is 1.41 bits per heavy atom. The molecule has 0 saturated carbocycles. The molecule has 94 valence electrons. The highest BCUT2D eigenvalue weighted by atomic mass is 32.2.